The topological polar surface area (TPSA) is 441 Å². The van der Waals surface area contributed by atoms with E-state index in [1.165, 1.54) is 34.6 Å². The number of nitrogens with one attached hydrogen (secondary N) is 2. The average Bonchev–Trinajstić information content (AvgIpc) is 2.97. The highest BCUT2D eigenvalue weighted by molar-refractivity contribution is 5.83. The lowest BCUT2D eigenvalue weighted by molar-refractivity contribution is -0.156. The van der Waals surface area contributed by atoms with Crippen molar-refractivity contribution < 1.29 is 99.0 Å². The number of rotatable bonds is 12. The Hall–Kier alpha value is -4.85. The molecule has 0 rings (SSSR count). The first kappa shape index (κ1) is 59.6. The summed E-state index contributed by atoms with van der Waals surface area (Å²) in [5.41, 5.74) is 9.53. The van der Waals surface area contributed by atoms with Crippen LogP contribution in [0.15, 0.2) is 0 Å². The van der Waals surface area contributed by atoms with Crippen LogP contribution in [-0.4, -0.2) is 162 Å². The minimum absolute atomic E-state index is 0. The number of hydrogen-bond acceptors (Lipinski definition) is 17. The number of hydrogen-bond donors (Lipinski definition) is 14. The molecule has 0 bridgehead atoms. The van der Waals surface area contributed by atoms with Gasteiger partial charge in [0.05, 0.1) is 39.0 Å². The van der Waals surface area contributed by atoms with Gasteiger partial charge in [-0.25, -0.2) is 9.59 Å². The van der Waals surface area contributed by atoms with Crippen molar-refractivity contribution in [2.75, 3.05) is 33.0 Å². The van der Waals surface area contributed by atoms with E-state index in [0.717, 1.165) is 0 Å². The Morgan fingerprint density at radius 2 is 0.776 bits per heavy atom. The van der Waals surface area contributed by atoms with Gasteiger partial charge in [-0.1, -0.05) is 7.43 Å². The largest absolute Gasteiger partial charge is 0.481 e. The van der Waals surface area contributed by atoms with E-state index in [1.54, 1.807) is 0 Å². The highest BCUT2D eigenvalue weighted by Gasteiger charge is 2.16. The second kappa shape index (κ2) is 37.6. The maximum atomic E-state index is 10.2. The molecule has 0 spiro atoms. The Balaban J connectivity index is -0.0000000868. The summed E-state index contributed by atoms with van der Waals surface area (Å²) in [7, 11) is 0. The predicted octanol–water partition coefficient (Wildman–Crippen LogP) is -5.65. The van der Waals surface area contributed by atoms with E-state index in [1.807, 2.05) is 10.6 Å². The number of carboxylic acids is 5. The number of carbonyl (C=O) groups is 9. The fourth-order valence-electron chi connectivity index (χ4n) is 1.30. The molecule has 0 saturated heterocycles. The van der Waals surface area contributed by atoms with E-state index in [-0.39, 0.29) is 14.0 Å². The van der Waals surface area contributed by atoms with Crippen molar-refractivity contribution in [1.82, 2.24) is 10.6 Å². The molecule has 24 heteroatoms. The first-order valence-corrected chi connectivity index (χ1v) is 12.8. The number of aliphatic hydroxyl groups excluding tert-OH is 5. The van der Waals surface area contributed by atoms with E-state index in [4.69, 9.17) is 62.5 Å². The number of carboxylic acid groups (broad SMARTS) is 5. The Bertz CT molecular complexity index is 900. The summed E-state index contributed by atoms with van der Waals surface area (Å²) in [6, 6.07) is -4.62. The molecule has 0 aliphatic carbocycles. The molecule has 0 heterocycles. The van der Waals surface area contributed by atoms with Crippen molar-refractivity contribution in [1.29, 1.82) is 0 Å². The molecule has 290 valence electrons. The van der Waals surface area contributed by atoms with E-state index in [9.17, 15) is 43.2 Å². The summed E-state index contributed by atoms with van der Waals surface area (Å²) in [4.78, 5) is 89.3. The lowest BCUT2D eigenvalue weighted by Crippen LogP contribution is -2.42. The quantitative estimate of drug-likeness (QED) is 0.0658. The molecule has 0 radical (unpaired) electrons. The van der Waals surface area contributed by atoms with Crippen LogP contribution in [0.1, 0.15) is 42.0 Å². The van der Waals surface area contributed by atoms with E-state index in [0.29, 0.717) is 0 Å². The van der Waals surface area contributed by atoms with Crippen LogP contribution < -0.4 is 22.1 Å². The Kier molecular flexibility index (Phi) is 45.7. The number of aliphatic carboxylic acids is 5. The minimum atomic E-state index is -1.24. The van der Waals surface area contributed by atoms with Crippen molar-refractivity contribution >= 4 is 53.6 Å². The Morgan fingerprint density at radius 1 is 0.510 bits per heavy atom. The average molecular weight is 727 g/mol. The summed E-state index contributed by atoms with van der Waals surface area (Å²) in [6.07, 6.45) is 0. The zero-order valence-electron chi connectivity index (χ0n) is 26.6. The lowest BCUT2D eigenvalue weighted by Gasteiger charge is -2.08. The molecule has 24 nitrogen and oxygen atoms in total. The van der Waals surface area contributed by atoms with Gasteiger partial charge in [-0.15, -0.1) is 0 Å². The van der Waals surface area contributed by atoms with Crippen LogP contribution in [0.25, 0.3) is 0 Å². The molecule has 16 N–H and O–H groups in total. The van der Waals surface area contributed by atoms with Gasteiger partial charge in [0.1, 0.15) is 24.2 Å². The van der Waals surface area contributed by atoms with Gasteiger partial charge < -0.3 is 77.9 Å². The van der Waals surface area contributed by atoms with Gasteiger partial charge in [0.2, 0.25) is 11.8 Å². The summed E-state index contributed by atoms with van der Waals surface area (Å²) in [6.45, 7) is 3.71. The number of aliphatic hydroxyl groups is 5. The molecule has 0 aliphatic heterocycles. The van der Waals surface area contributed by atoms with E-state index < -0.39 is 110 Å². The van der Waals surface area contributed by atoms with E-state index >= 15 is 0 Å². The fraction of sp³-hybridized carbons (Fsp3) is 0.640. The lowest BCUT2D eigenvalue weighted by atomic mass is 10.2. The van der Waals surface area contributed by atoms with Gasteiger partial charge in [-0.05, 0) is 6.92 Å². The van der Waals surface area contributed by atoms with Crippen LogP contribution in [0, 0.1) is 5.92 Å². The van der Waals surface area contributed by atoms with Gasteiger partial charge >= 0.3 is 41.8 Å². The third-order valence-electron chi connectivity index (χ3n) is 3.73. The first-order chi connectivity index (χ1) is 21.8. The number of carbonyl (C=O) groups excluding carboxylic acids is 4. The maximum Gasteiger partial charge on any atom is 0.328 e. The molecule has 0 unspecified atom stereocenters. The van der Waals surface area contributed by atoms with Gasteiger partial charge in [0.15, 0.2) is 0 Å². The Morgan fingerprint density at radius 3 is 0.796 bits per heavy atom. The minimum Gasteiger partial charge on any atom is -0.481 e. The summed E-state index contributed by atoms with van der Waals surface area (Å²) < 4.78 is 3.97. The molecule has 0 aromatic carbocycles. The zero-order valence-corrected chi connectivity index (χ0v) is 26.6. The van der Waals surface area contributed by atoms with Crippen LogP contribution >= 0.6 is 0 Å². The van der Waals surface area contributed by atoms with Gasteiger partial charge in [0, 0.05) is 27.7 Å². The summed E-state index contributed by atoms with van der Waals surface area (Å²) in [5.74, 6) is -8.48. The number of ether oxygens (including phenoxy) is 1. The van der Waals surface area contributed by atoms with Crippen LogP contribution in [0.5, 0.6) is 0 Å². The number of nitrogens with two attached hydrogens (primary N) is 2. The molecule has 0 fully saturated rings. The van der Waals surface area contributed by atoms with Crippen molar-refractivity contribution in [2.45, 2.75) is 66.2 Å². The van der Waals surface area contributed by atoms with E-state index in [2.05, 4.69) is 4.74 Å². The van der Waals surface area contributed by atoms with Gasteiger partial charge in [-0.2, -0.15) is 0 Å². The molecule has 49 heavy (non-hydrogen) atoms. The van der Waals surface area contributed by atoms with Crippen molar-refractivity contribution in [3.63, 3.8) is 0 Å². The number of amides is 2. The second-order valence-corrected chi connectivity index (χ2v) is 8.31. The molecule has 0 saturated carbocycles. The van der Waals surface area contributed by atoms with Crippen molar-refractivity contribution in [3.8, 4) is 0 Å². The van der Waals surface area contributed by atoms with Gasteiger partial charge in [-0.3, -0.25) is 33.6 Å². The highest BCUT2D eigenvalue weighted by Crippen LogP contribution is 1.89. The van der Waals surface area contributed by atoms with Crippen molar-refractivity contribution in [2.24, 2.45) is 17.4 Å². The molecule has 5 atom stereocenters. The smallest absolute Gasteiger partial charge is 0.328 e. The van der Waals surface area contributed by atoms with Gasteiger partial charge in [0.25, 0.3) is 0 Å². The van der Waals surface area contributed by atoms with Crippen LogP contribution in [0.2, 0.25) is 0 Å². The molecular weight excluding hydrogens is 676 g/mol. The molecule has 2 amide bonds. The zero-order chi connectivity index (χ0) is 39.7. The first-order valence-electron chi connectivity index (χ1n) is 12.8. The molecular formula is C25H50N4O20. The molecule has 0 aromatic rings. The number of esters is 2. The van der Waals surface area contributed by atoms with Crippen molar-refractivity contribution in [3.05, 3.63) is 0 Å². The fourth-order valence-corrected chi connectivity index (χ4v) is 1.30. The molecule has 0 aromatic heterocycles. The normalized spacial score (nSPS) is 11.8. The maximum absolute atomic E-state index is 10.2. The summed E-state index contributed by atoms with van der Waals surface area (Å²) >= 11 is 0. The van der Waals surface area contributed by atoms with Crippen LogP contribution in [0.4, 0.5) is 0 Å². The highest BCUT2D eigenvalue weighted by atomic mass is 16.6. The third-order valence-corrected chi connectivity index (χ3v) is 3.73. The third kappa shape index (κ3) is 52.9. The van der Waals surface area contributed by atoms with Crippen LogP contribution in [-0.2, 0) is 47.9 Å². The predicted molar refractivity (Wildman–Crippen MR) is 163 cm³/mol. The second-order valence-electron chi connectivity index (χ2n) is 8.31. The standard InChI is InChI=1S/2C5H9NO4.C4H6O3.C4H8O3.2C3H7NO3.CH4/c2*1-3(8)6-4(2-7)5(9)10;1-3(5)7-4(2)6;1-3(2-5)4(6)7;2*4-2(1-5)3(6)7;/h2*4,7H,2H2,1H3,(H,6,8)(H,9,10);1-2H3;3,5H,2H2,1H3,(H,6,7);2*2,5H,1,4H2,(H,6,7);1H4/t2*4-;;3-;2*2-;/m10.110./s1. The SMILES string of the molecule is C.CC(=O)N[C@@H](CO)C(=O)O.CC(=O)N[C@H](CO)C(=O)O.CC(=O)OC(C)=O.C[C@H](CO)C(=O)O.N[C@@H](CO)C(=O)O.N[C@H](CO)C(=O)O. The monoisotopic (exact) mass is 726 g/mol. The Labute approximate surface area is 280 Å². The summed E-state index contributed by atoms with van der Waals surface area (Å²) in [5, 5.41) is 85.2. The van der Waals surface area contributed by atoms with Crippen LogP contribution in [0.3, 0.4) is 0 Å². The molecule has 0 aliphatic rings.